The molecule has 74 valence electrons. The fourth-order valence-corrected chi connectivity index (χ4v) is 4.04. The van der Waals surface area contributed by atoms with E-state index in [0.29, 0.717) is 11.6 Å². The van der Waals surface area contributed by atoms with Crippen LogP contribution in [0.15, 0.2) is 5.38 Å². The van der Waals surface area contributed by atoms with Gasteiger partial charge >= 0.3 is 0 Å². The number of carbonyl (C=O) groups is 1. The highest BCUT2D eigenvalue weighted by Gasteiger charge is 2.41. The second-order valence-corrected chi connectivity index (χ2v) is 5.40. The van der Waals surface area contributed by atoms with Crippen LogP contribution in [0.5, 0.6) is 0 Å². The van der Waals surface area contributed by atoms with Gasteiger partial charge in [0.15, 0.2) is 6.29 Å². The van der Waals surface area contributed by atoms with E-state index < -0.39 is 0 Å². The van der Waals surface area contributed by atoms with Gasteiger partial charge in [-0.1, -0.05) is 6.42 Å². The van der Waals surface area contributed by atoms with E-state index in [9.17, 15) is 4.79 Å². The molecule has 1 aromatic heterocycles. The fraction of sp³-hybridized carbons (Fsp3) is 0.636. The highest BCUT2D eigenvalue weighted by Crippen LogP contribution is 2.53. The topological polar surface area (TPSA) is 30.0 Å². The van der Waals surface area contributed by atoms with E-state index in [0.717, 1.165) is 18.1 Å². The summed E-state index contributed by atoms with van der Waals surface area (Å²) in [6.45, 7) is 0. The van der Waals surface area contributed by atoms with Crippen molar-refractivity contribution in [3.63, 3.8) is 0 Å². The van der Waals surface area contributed by atoms with E-state index in [1.165, 1.54) is 30.7 Å². The van der Waals surface area contributed by atoms with Gasteiger partial charge < -0.3 is 0 Å². The van der Waals surface area contributed by atoms with Crippen molar-refractivity contribution in [3.05, 3.63) is 16.1 Å². The van der Waals surface area contributed by atoms with Gasteiger partial charge in [0.25, 0.3) is 0 Å². The summed E-state index contributed by atoms with van der Waals surface area (Å²) in [4.78, 5) is 14.9. The van der Waals surface area contributed by atoms with Crippen LogP contribution in [0.2, 0.25) is 0 Å². The van der Waals surface area contributed by atoms with Crippen LogP contribution in [0.3, 0.4) is 0 Å². The quantitative estimate of drug-likeness (QED) is 0.698. The maximum Gasteiger partial charge on any atom is 0.169 e. The van der Waals surface area contributed by atoms with Gasteiger partial charge in [-0.25, -0.2) is 4.98 Å². The molecule has 2 aliphatic carbocycles. The normalized spacial score (nSPS) is 35.0. The molecule has 1 heterocycles. The summed E-state index contributed by atoms with van der Waals surface area (Å²) < 4.78 is 0. The predicted molar refractivity (Wildman–Crippen MR) is 55.7 cm³/mol. The third-order valence-corrected chi connectivity index (χ3v) is 4.71. The summed E-state index contributed by atoms with van der Waals surface area (Å²) in [5, 5.41) is 3.09. The Labute approximate surface area is 87.4 Å². The SMILES string of the molecule is O=Cc1csc(C2CC3CCC2C3)n1. The van der Waals surface area contributed by atoms with E-state index in [4.69, 9.17) is 0 Å². The number of hydrogen-bond donors (Lipinski definition) is 0. The molecule has 3 rings (SSSR count). The second kappa shape index (κ2) is 3.16. The molecule has 14 heavy (non-hydrogen) atoms. The zero-order valence-electron chi connectivity index (χ0n) is 7.98. The molecule has 3 heteroatoms. The first-order valence-corrected chi connectivity index (χ1v) is 6.15. The minimum absolute atomic E-state index is 0.618. The zero-order valence-corrected chi connectivity index (χ0v) is 8.80. The van der Waals surface area contributed by atoms with E-state index in [2.05, 4.69) is 4.98 Å². The van der Waals surface area contributed by atoms with Gasteiger partial charge in [-0.3, -0.25) is 4.79 Å². The third kappa shape index (κ3) is 1.22. The molecule has 2 aliphatic rings. The van der Waals surface area contributed by atoms with Crippen LogP contribution in [0.1, 0.15) is 47.1 Å². The molecule has 0 saturated heterocycles. The first-order chi connectivity index (χ1) is 6.86. The molecule has 2 nitrogen and oxygen atoms in total. The lowest BCUT2D eigenvalue weighted by atomic mass is 9.89. The Bertz CT molecular complexity index is 360. The lowest BCUT2D eigenvalue weighted by molar-refractivity contribution is 0.111. The predicted octanol–water partition coefficient (Wildman–Crippen LogP) is 2.86. The molecule has 0 spiro atoms. The Morgan fingerprint density at radius 1 is 1.43 bits per heavy atom. The minimum atomic E-state index is 0.618. The summed E-state index contributed by atoms with van der Waals surface area (Å²) in [6, 6.07) is 0. The molecule has 3 unspecified atom stereocenters. The molecule has 0 aliphatic heterocycles. The lowest BCUT2D eigenvalue weighted by Gasteiger charge is -2.18. The van der Waals surface area contributed by atoms with Crippen LogP contribution in [0.25, 0.3) is 0 Å². The smallest absolute Gasteiger partial charge is 0.169 e. The molecule has 3 atom stereocenters. The number of fused-ring (bicyclic) bond motifs is 2. The largest absolute Gasteiger partial charge is 0.296 e. The Balaban J connectivity index is 1.85. The maximum absolute atomic E-state index is 10.5. The van der Waals surface area contributed by atoms with Crippen molar-refractivity contribution in [2.75, 3.05) is 0 Å². The monoisotopic (exact) mass is 207 g/mol. The van der Waals surface area contributed by atoms with Crippen molar-refractivity contribution in [1.82, 2.24) is 4.98 Å². The van der Waals surface area contributed by atoms with Gasteiger partial charge in [-0.05, 0) is 31.1 Å². The Hall–Kier alpha value is -0.700. The summed E-state index contributed by atoms with van der Waals surface area (Å²) in [7, 11) is 0. The van der Waals surface area contributed by atoms with Crippen LogP contribution in [0.4, 0.5) is 0 Å². The van der Waals surface area contributed by atoms with E-state index in [1.54, 1.807) is 11.3 Å². The van der Waals surface area contributed by atoms with E-state index >= 15 is 0 Å². The van der Waals surface area contributed by atoms with Crippen molar-refractivity contribution in [2.24, 2.45) is 11.8 Å². The number of hydrogen-bond acceptors (Lipinski definition) is 3. The number of aldehydes is 1. The molecule has 0 aromatic carbocycles. The van der Waals surface area contributed by atoms with Crippen molar-refractivity contribution in [2.45, 2.75) is 31.6 Å². The van der Waals surface area contributed by atoms with Crippen molar-refractivity contribution < 1.29 is 4.79 Å². The molecule has 1 aromatic rings. The number of nitrogens with zero attached hydrogens (tertiary/aromatic N) is 1. The van der Waals surface area contributed by atoms with Gasteiger partial charge in [-0.15, -0.1) is 11.3 Å². The summed E-state index contributed by atoms with van der Waals surface area (Å²) >= 11 is 1.67. The minimum Gasteiger partial charge on any atom is -0.296 e. The third-order valence-electron chi connectivity index (χ3n) is 3.72. The lowest BCUT2D eigenvalue weighted by Crippen LogP contribution is -2.08. The van der Waals surface area contributed by atoms with Crippen molar-refractivity contribution in [3.8, 4) is 0 Å². The number of aromatic nitrogens is 1. The zero-order chi connectivity index (χ0) is 9.54. The number of rotatable bonds is 2. The van der Waals surface area contributed by atoms with Gasteiger partial charge in [0, 0.05) is 11.3 Å². The summed E-state index contributed by atoms with van der Waals surface area (Å²) in [6.07, 6.45) is 6.38. The average Bonchev–Trinajstić information content (AvgIpc) is 2.93. The van der Waals surface area contributed by atoms with Gasteiger partial charge in [0.2, 0.25) is 0 Å². The Morgan fingerprint density at radius 2 is 2.36 bits per heavy atom. The van der Waals surface area contributed by atoms with Crippen molar-refractivity contribution >= 4 is 17.6 Å². The first kappa shape index (κ1) is 8.60. The van der Waals surface area contributed by atoms with Crippen LogP contribution < -0.4 is 0 Å². The number of thiazole rings is 1. The molecule has 2 saturated carbocycles. The molecule has 0 N–H and O–H groups in total. The highest BCUT2D eigenvalue weighted by molar-refractivity contribution is 7.09. The molecule has 2 fully saturated rings. The van der Waals surface area contributed by atoms with Crippen LogP contribution >= 0.6 is 11.3 Å². The fourth-order valence-electron chi connectivity index (χ4n) is 3.07. The molecule has 2 bridgehead atoms. The summed E-state index contributed by atoms with van der Waals surface area (Å²) in [5.74, 6) is 2.49. The molecule has 0 amide bonds. The van der Waals surface area contributed by atoms with Gasteiger partial charge in [0.1, 0.15) is 5.69 Å². The maximum atomic E-state index is 10.5. The first-order valence-electron chi connectivity index (χ1n) is 5.27. The molecular weight excluding hydrogens is 194 g/mol. The van der Waals surface area contributed by atoms with Crippen LogP contribution in [0, 0.1) is 11.8 Å². The van der Waals surface area contributed by atoms with Gasteiger partial charge in [0.05, 0.1) is 5.01 Å². The number of carbonyl (C=O) groups excluding carboxylic acids is 1. The highest BCUT2D eigenvalue weighted by atomic mass is 32.1. The molecule has 0 radical (unpaired) electrons. The van der Waals surface area contributed by atoms with E-state index in [1.807, 2.05) is 5.38 Å². The summed E-state index contributed by atoms with van der Waals surface area (Å²) in [5.41, 5.74) is 0.618. The molecular formula is C11H13NOS. The standard InChI is InChI=1S/C11H13NOS/c13-5-9-6-14-11(12-9)10-4-7-1-2-8(10)3-7/h5-8,10H,1-4H2. The average molecular weight is 207 g/mol. The Kier molecular flexibility index (Phi) is 1.94. The van der Waals surface area contributed by atoms with Crippen LogP contribution in [-0.2, 0) is 0 Å². The van der Waals surface area contributed by atoms with Crippen molar-refractivity contribution in [1.29, 1.82) is 0 Å². The van der Waals surface area contributed by atoms with Crippen LogP contribution in [-0.4, -0.2) is 11.3 Å². The second-order valence-electron chi connectivity index (χ2n) is 4.51. The van der Waals surface area contributed by atoms with E-state index in [-0.39, 0.29) is 0 Å². The Morgan fingerprint density at radius 3 is 2.93 bits per heavy atom. The van der Waals surface area contributed by atoms with Gasteiger partial charge in [-0.2, -0.15) is 0 Å².